The van der Waals surface area contributed by atoms with Gasteiger partial charge in [0, 0.05) is 11.3 Å². The molecule has 1 aromatic heterocycles. The van der Waals surface area contributed by atoms with Gasteiger partial charge in [0.2, 0.25) is 5.76 Å². The van der Waals surface area contributed by atoms with Gasteiger partial charge in [-0.3, -0.25) is 19.3 Å². The minimum absolute atomic E-state index is 0.0200. The van der Waals surface area contributed by atoms with Gasteiger partial charge in [0.05, 0.1) is 29.7 Å². The average Bonchev–Trinajstić information content (AvgIpc) is 3.17. The van der Waals surface area contributed by atoms with Gasteiger partial charge in [0.25, 0.3) is 5.91 Å². The Morgan fingerprint density at radius 3 is 2.11 bits per heavy atom. The third kappa shape index (κ3) is 3.60. The van der Waals surface area contributed by atoms with Gasteiger partial charge in [-0.05, 0) is 86.0 Å². The molecule has 0 saturated heterocycles. The lowest BCUT2D eigenvalue weighted by Gasteiger charge is -2.25. The van der Waals surface area contributed by atoms with E-state index in [-0.39, 0.29) is 22.5 Å². The molecular formula is C29H23NO6. The number of aryl methyl sites for hydroxylation is 2. The highest BCUT2D eigenvalue weighted by Crippen LogP contribution is 2.41. The molecule has 1 unspecified atom stereocenters. The van der Waals surface area contributed by atoms with Crippen LogP contribution in [0.3, 0.4) is 0 Å². The lowest BCUT2D eigenvalue weighted by molar-refractivity contribution is 0.0600. The summed E-state index contributed by atoms with van der Waals surface area (Å²) in [5.74, 6) is -1.06. The van der Waals surface area contributed by atoms with Gasteiger partial charge in [0.1, 0.15) is 5.58 Å². The summed E-state index contributed by atoms with van der Waals surface area (Å²) in [6.45, 7) is 5.30. The molecule has 0 fully saturated rings. The Morgan fingerprint density at radius 1 is 0.889 bits per heavy atom. The number of Topliss-reactive ketones (excluding diaryl/α,β-unsaturated/α-hetero) is 1. The molecule has 0 spiro atoms. The van der Waals surface area contributed by atoms with Crippen molar-refractivity contribution in [2.45, 2.75) is 26.8 Å². The zero-order chi connectivity index (χ0) is 25.7. The van der Waals surface area contributed by atoms with Crippen molar-refractivity contribution in [1.82, 2.24) is 0 Å². The van der Waals surface area contributed by atoms with Crippen molar-refractivity contribution >= 4 is 34.3 Å². The highest BCUT2D eigenvalue weighted by Gasteiger charge is 2.43. The number of ketones is 1. The number of anilines is 1. The molecule has 36 heavy (non-hydrogen) atoms. The minimum Gasteiger partial charge on any atom is -0.465 e. The zero-order valence-electron chi connectivity index (χ0n) is 20.2. The Balaban J connectivity index is 1.75. The van der Waals surface area contributed by atoms with E-state index in [0.717, 1.165) is 11.1 Å². The molecule has 1 atom stereocenters. The lowest BCUT2D eigenvalue weighted by Crippen LogP contribution is -2.29. The molecule has 1 amide bonds. The van der Waals surface area contributed by atoms with E-state index in [1.54, 1.807) is 60.7 Å². The number of carbonyl (C=O) groups excluding carboxylic acids is 3. The fourth-order valence-electron chi connectivity index (χ4n) is 4.59. The number of nitrogens with zero attached hydrogens (tertiary/aromatic N) is 1. The van der Waals surface area contributed by atoms with Crippen LogP contribution < -0.4 is 10.3 Å². The molecule has 180 valence electrons. The normalized spacial score (nSPS) is 14.7. The van der Waals surface area contributed by atoms with E-state index in [4.69, 9.17) is 9.15 Å². The maximum Gasteiger partial charge on any atom is 0.337 e. The van der Waals surface area contributed by atoms with Crippen LogP contribution in [-0.4, -0.2) is 24.8 Å². The molecule has 0 radical (unpaired) electrons. The number of rotatable bonds is 4. The van der Waals surface area contributed by atoms with Gasteiger partial charge in [0.15, 0.2) is 11.2 Å². The number of hydrogen-bond donors (Lipinski definition) is 0. The number of amides is 1. The predicted molar refractivity (Wildman–Crippen MR) is 135 cm³/mol. The molecule has 0 N–H and O–H groups in total. The molecule has 1 aliphatic heterocycles. The highest BCUT2D eigenvalue weighted by molar-refractivity contribution is 6.11. The molecule has 5 rings (SSSR count). The summed E-state index contributed by atoms with van der Waals surface area (Å²) in [5.41, 5.74) is 4.17. The molecule has 3 aromatic carbocycles. The number of fused-ring (bicyclic) bond motifs is 2. The van der Waals surface area contributed by atoms with E-state index in [1.807, 2.05) is 13.8 Å². The molecule has 0 saturated carbocycles. The Kier molecular flexibility index (Phi) is 5.55. The standard InChI is InChI=1S/C29H23NO6/c1-15-13-22-23(14-16(15)2)36-27-24(26(22)32)25(19-5-7-20(8-6-19)29(34)35-4)30(28(27)33)21-11-9-18(10-12-21)17(3)31/h5-14,25H,1-4H3. The summed E-state index contributed by atoms with van der Waals surface area (Å²) in [4.78, 5) is 52.7. The number of esters is 1. The van der Waals surface area contributed by atoms with Crippen LogP contribution in [0.2, 0.25) is 0 Å². The summed E-state index contributed by atoms with van der Waals surface area (Å²) in [5, 5.41) is 0.398. The molecule has 2 heterocycles. The van der Waals surface area contributed by atoms with Gasteiger partial charge < -0.3 is 9.15 Å². The molecular weight excluding hydrogens is 458 g/mol. The summed E-state index contributed by atoms with van der Waals surface area (Å²) in [7, 11) is 1.30. The van der Waals surface area contributed by atoms with Crippen molar-refractivity contribution in [2.24, 2.45) is 0 Å². The van der Waals surface area contributed by atoms with Crippen LogP contribution in [0.15, 0.2) is 69.9 Å². The molecule has 7 nitrogen and oxygen atoms in total. The van der Waals surface area contributed by atoms with Crippen molar-refractivity contribution in [3.63, 3.8) is 0 Å². The van der Waals surface area contributed by atoms with Crippen LogP contribution >= 0.6 is 0 Å². The third-order valence-corrected chi connectivity index (χ3v) is 6.69. The molecule has 7 heteroatoms. The monoisotopic (exact) mass is 481 g/mol. The van der Waals surface area contributed by atoms with Crippen LogP contribution in [-0.2, 0) is 4.74 Å². The van der Waals surface area contributed by atoms with Crippen molar-refractivity contribution in [2.75, 3.05) is 12.0 Å². The fourth-order valence-corrected chi connectivity index (χ4v) is 4.59. The second-order valence-corrected chi connectivity index (χ2v) is 8.90. The van der Waals surface area contributed by atoms with E-state index in [9.17, 15) is 19.2 Å². The van der Waals surface area contributed by atoms with Crippen molar-refractivity contribution in [1.29, 1.82) is 0 Å². The number of carbonyl (C=O) groups is 3. The van der Waals surface area contributed by atoms with Gasteiger partial charge in [-0.15, -0.1) is 0 Å². The van der Waals surface area contributed by atoms with Crippen LogP contribution in [0.1, 0.15) is 66.5 Å². The highest BCUT2D eigenvalue weighted by atomic mass is 16.5. The van der Waals surface area contributed by atoms with Crippen molar-refractivity contribution in [3.05, 3.63) is 110 Å². The van der Waals surface area contributed by atoms with E-state index >= 15 is 0 Å². The Labute approximate surface area is 206 Å². The summed E-state index contributed by atoms with van der Waals surface area (Å²) in [6.07, 6.45) is 0. The van der Waals surface area contributed by atoms with Gasteiger partial charge in [-0.2, -0.15) is 0 Å². The first-order valence-corrected chi connectivity index (χ1v) is 11.4. The topological polar surface area (TPSA) is 93.9 Å². The lowest BCUT2D eigenvalue weighted by atomic mass is 9.96. The fraction of sp³-hybridized carbons (Fsp3) is 0.172. The zero-order valence-corrected chi connectivity index (χ0v) is 20.2. The second kappa shape index (κ2) is 8.61. The number of hydrogen-bond acceptors (Lipinski definition) is 6. The maximum absolute atomic E-state index is 13.8. The van der Waals surface area contributed by atoms with Crippen molar-refractivity contribution in [3.8, 4) is 0 Å². The third-order valence-electron chi connectivity index (χ3n) is 6.69. The van der Waals surface area contributed by atoms with Crippen molar-refractivity contribution < 1.29 is 23.5 Å². The second-order valence-electron chi connectivity index (χ2n) is 8.90. The molecule has 4 aromatic rings. The van der Waals surface area contributed by atoms with Gasteiger partial charge in [-0.1, -0.05) is 12.1 Å². The van der Waals surface area contributed by atoms with E-state index < -0.39 is 17.9 Å². The van der Waals surface area contributed by atoms with E-state index in [2.05, 4.69) is 0 Å². The minimum atomic E-state index is -0.787. The quantitative estimate of drug-likeness (QED) is 0.296. The van der Waals surface area contributed by atoms with Crippen LogP contribution in [0.4, 0.5) is 5.69 Å². The van der Waals surface area contributed by atoms with Gasteiger partial charge >= 0.3 is 5.97 Å². The Morgan fingerprint density at radius 2 is 1.50 bits per heavy atom. The maximum atomic E-state index is 13.8. The number of ether oxygens (including phenoxy) is 1. The van der Waals surface area contributed by atoms with E-state index in [1.165, 1.54) is 18.9 Å². The summed E-state index contributed by atoms with van der Waals surface area (Å²) < 4.78 is 10.8. The first kappa shape index (κ1) is 23.2. The first-order valence-electron chi connectivity index (χ1n) is 11.4. The summed E-state index contributed by atoms with van der Waals surface area (Å²) in [6, 6.07) is 16.0. The van der Waals surface area contributed by atoms with Gasteiger partial charge in [-0.25, -0.2) is 4.79 Å². The smallest absolute Gasteiger partial charge is 0.337 e. The SMILES string of the molecule is COC(=O)c1ccc(C2c3c(oc4cc(C)c(C)cc4c3=O)C(=O)N2c2ccc(C(C)=O)cc2)cc1. The first-order chi connectivity index (χ1) is 17.2. The average molecular weight is 482 g/mol. The van der Waals surface area contributed by atoms with Crippen LogP contribution in [0.5, 0.6) is 0 Å². The molecule has 0 aliphatic carbocycles. The predicted octanol–water partition coefficient (Wildman–Crippen LogP) is 5.15. The van der Waals surface area contributed by atoms with Crippen LogP contribution in [0.25, 0.3) is 11.0 Å². The Hall–Kier alpha value is -4.52. The van der Waals surface area contributed by atoms with Crippen LogP contribution in [0, 0.1) is 13.8 Å². The number of benzene rings is 3. The summed E-state index contributed by atoms with van der Waals surface area (Å²) >= 11 is 0. The van der Waals surface area contributed by atoms with E-state index in [0.29, 0.717) is 33.3 Å². The molecule has 0 bridgehead atoms. The Bertz CT molecular complexity index is 1610. The molecule has 1 aliphatic rings. The largest absolute Gasteiger partial charge is 0.465 e. The number of methoxy groups -OCH3 is 1.